The summed E-state index contributed by atoms with van der Waals surface area (Å²) in [6, 6.07) is 20.5. The van der Waals surface area contributed by atoms with E-state index in [1.54, 1.807) is 34.8 Å². The van der Waals surface area contributed by atoms with Crippen LogP contribution < -0.4 is 11.1 Å². The van der Waals surface area contributed by atoms with Gasteiger partial charge in [0.05, 0.1) is 22.2 Å². The molecule has 6 heterocycles. The number of aromatic nitrogens is 2. The van der Waals surface area contributed by atoms with Crippen molar-refractivity contribution in [1.29, 1.82) is 0 Å². The summed E-state index contributed by atoms with van der Waals surface area (Å²) in [6.07, 6.45) is 68.0. The highest BCUT2D eigenvalue weighted by atomic mass is 32.1. The largest absolute Gasteiger partial charge is 0.306 e. The van der Waals surface area contributed by atoms with Gasteiger partial charge in [-0.3, -0.25) is 9.59 Å². The molecule has 0 amide bonds. The van der Waals surface area contributed by atoms with E-state index in [-0.39, 0.29) is 16.7 Å². The Morgan fingerprint density at radius 1 is 0.302 bits per heavy atom. The van der Waals surface area contributed by atoms with E-state index in [4.69, 9.17) is 0 Å². The predicted octanol–water partition coefficient (Wildman–Crippen LogP) is 33.4. The summed E-state index contributed by atoms with van der Waals surface area (Å²) in [5.74, 6) is -0.513. The quantitative estimate of drug-likeness (QED) is 0.0357. The van der Waals surface area contributed by atoms with Crippen molar-refractivity contribution >= 4 is 56.4 Å². The fraction of sp³-hybridized carbons (Fsp3) is 0.688. The minimum absolute atomic E-state index is 0.0150. The molecule has 0 aliphatic carbocycles. The van der Waals surface area contributed by atoms with Crippen LogP contribution in [-0.4, -0.2) is 9.13 Å². The van der Waals surface area contributed by atoms with Crippen LogP contribution in [0, 0.1) is 37.3 Å². The highest BCUT2D eigenvalue weighted by Crippen LogP contribution is 2.46. The van der Waals surface area contributed by atoms with Crippen LogP contribution in [0.15, 0.2) is 70.3 Å². The molecule has 10 heteroatoms. The maximum absolute atomic E-state index is 16.6. The van der Waals surface area contributed by atoms with Gasteiger partial charge in [-0.05, 0) is 123 Å². The number of fused-ring (bicyclic) bond motifs is 1. The number of pyridine rings is 2. The van der Waals surface area contributed by atoms with E-state index in [1.165, 1.54) is 334 Å². The van der Waals surface area contributed by atoms with Crippen molar-refractivity contribution in [3.8, 4) is 51.5 Å². The molecule has 592 valence electrons. The lowest BCUT2D eigenvalue weighted by molar-refractivity contribution is 0.399. The zero-order chi connectivity index (χ0) is 75.4. The second-order valence-electron chi connectivity index (χ2n) is 32.5. The molecule has 0 aliphatic rings. The van der Waals surface area contributed by atoms with Crippen molar-refractivity contribution in [2.24, 2.45) is 11.8 Å². The molecule has 4 nitrogen and oxygen atoms in total. The molecule has 0 spiro atoms. The molecule has 0 N–H and O–H groups in total. The number of rotatable bonds is 63. The zero-order valence-corrected chi connectivity index (χ0v) is 71.9. The Hall–Kier alpha value is -3.96. The SMILES string of the molecule is CCCCCCCCCCCCC(CCCCCCCCCC)Cc1cc(-c2cc3c(cc(-c4cc(CC(CCCCCCCCCC)CCCCCCCCCCCC)c(-c5ccc(-c6ccc(-c7ccc(C)s7)c(F)c6F)s5)s4)c(=O)n3CCCCCCCC)n(CCCCCCCC)c2=O)sc1C. The lowest BCUT2D eigenvalue weighted by Gasteiger charge is -2.18. The topological polar surface area (TPSA) is 44.0 Å². The minimum Gasteiger partial charge on any atom is -0.306 e. The second-order valence-corrected chi connectivity index (χ2v) is 37.1. The normalized spacial score (nSPS) is 12.5. The van der Waals surface area contributed by atoms with Gasteiger partial charge in [-0.2, -0.15) is 0 Å². The highest BCUT2D eigenvalue weighted by molar-refractivity contribution is 7.25. The molecule has 0 saturated carbocycles. The summed E-state index contributed by atoms with van der Waals surface area (Å²) in [7, 11) is 0. The van der Waals surface area contributed by atoms with Gasteiger partial charge in [0.25, 0.3) is 11.1 Å². The molecule has 2 unspecified atom stereocenters. The number of halogens is 2. The number of thiophene rings is 4. The molecular formula is C96H148F2N2O2S4. The fourth-order valence-electron chi connectivity index (χ4n) is 16.6. The predicted molar refractivity (Wildman–Crippen MR) is 469 cm³/mol. The monoisotopic (exact) mass is 1530 g/mol. The van der Waals surface area contributed by atoms with Crippen molar-refractivity contribution in [3.05, 3.63) is 114 Å². The Balaban J connectivity index is 1.31. The van der Waals surface area contributed by atoms with E-state index in [2.05, 4.69) is 87.9 Å². The molecule has 106 heavy (non-hydrogen) atoms. The van der Waals surface area contributed by atoms with E-state index >= 15 is 18.4 Å². The molecule has 6 aromatic heterocycles. The average Bonchev–Trinajstić information content (AvgIpc) is 1.19. The third-order valence-corrected chi connectivity index (χ3v) is 27.9. The van der Waals surface area contributed by atoms with Gasteiger partial charge in [0, 0.05) is 63.2 Å². The molecule has 0 fully saturated rings. The van der Waals surface area contributed by atoms with E-state index in [0.717, 1.165) is 97.2 Å². The third kappa shape index (κ3) is 30.6. The van der Waals surface area contributed by atoms with Gasteiger partial charge in [-0.15, -0.1) is 45.3 Å². The highest BCUT2D eigenvalue weighted by Gasteiger charge is 2.26. The Morgan fingerprint density at radius 2 is 0.604 bits per heavy atom. The average molecular weight is 1530 g/mol. The van der Waals surface area contributed by atoms with Crippen LogP contribution in [0.2, 0.25) is 0 Å². The first-order chi connectivity index (χ1) is 51.9. The van der Waals surface area contributed by atoms with Crippen LogP contribution in [0.4, 0.5) is 8.78 Å². The van der Waals surface area contributed by atoms with Gasteiger partial charge in [0.1, 0.15) is 0 Å². The molecule has 2 atom stereocenters. The van der Waals surface area contributed by atoms with E-state index in [1.807, 2.05) is 25.1 Å². The molecule has 7 aromatic rings. The standard InChI is InChI=1S/C96H148F2N2O2S4/c1-9-15-21-27-33-37-39-43-47-52-58-77(57-51-45-41-35-29-23-17-11-3)69-79-71-90(104-76(79)8)83-73-85-86(99(95(83)101)67-55-49-31-25-19-13-5)74-84(96(102)100(85)68-56-50-32-26-20-14-6)91-72-80(70-78(59-53-46-42-36-30-24-18-12-4)60-54-48-44-40-38-34-28-22-16-10-2)94(106-91)89-66-65-88(105-89)82-63-62-81(92(97)93(82)98)87-64-61-75(7)103-87/h61-66,71-74,77-78H,9-60,67-70H2,1-8H3. The van der Waals surface area contributed by atoms with Crippen molar-refractivity contribution in [2.45, 2.75) is 415 Å². The maximum atomic E-state index is 16.6. The summed E-state index contributed by atoms with van der Waals surface area (Å²) in [5.41, 5.74) is 6.44. The van der Waals surface area contributed by atoms with Gasteiger partial charge in [-0.25, -0.2) is 8.78 Å². The Labute approximate surface area is 662 Å². The Bertz CT molecular complexity index is 3610. The number of hydrogen-bond donors (Lipinski definition) is 0. The number of hydrogen-bond acceptors (Lipinski definition) is 6. The van der Waals surface area contributed by atoms with Crippen molar-refractivity contribution in [3.63, 3.8) is 0 Å². The maximum Gasteiger partial charge on any atom is 0.259 e. The Kier molecular flexibility index (Phi) is 44.7. The summed E-state index contributed by atoms with van der Waals surface area (Å²) >= 11 is 6.51. The first-order valence-electron chi connectivity index (χ1n) is 44.6. The van der Waals surface area contributed by atoms with Gasteiger partial charge in [0.15, 0.2) is 11.6 Å². The first kappa shape index (κ1) is 89.2. The van der Waals surface area contributed by atoms with Crippen LogP contribution in [0.3, 0.4) is 0 Å². The van der Waals surface area contributed by atoms with E-state index in [9.17, 15) is 0 Å². The van der Waals surface area contributed by atoms with Crippen molar-refractivity contribution in [2.75, 3.05) is 0 Å². The Morgan fingerprint density at radius 3 is 0.962 bits per heavy atom. The number of unbranched alkanes of at least 4 members (excludes halogenated alkanes) is 42. The van der Waals surface area contributed by atoms with Crippen LogP contribution >= 0.6 is 45.3 Å². The molecule has 1 aromatic carbocycles. The molecule has 0 bridgehead atoms. The summed E-state index contributed by atoms with van der Waals surface area (Å²) in [5, 5.41) is 0. The minimum atomic E-state index is -0.814. The summed E-state index contributed by atoms with van der Waals surface area (Å²) in [6.45, 7) is 19.2. The summed E-state index contributed by atoms with van der Waals surface area (Å²) in [4.78, 5) is 40.1. The van der Waals surface area contributed by atoms with E-state index in [0.29, 0.717) is 40.9 Å². The fourth-order valence-corrected chi connectivity index (χ4v) is 20.9. The van der Waals surface area contributed by atoms with Crippen LogP contribution in [0.1, 0.15) is 396 Å². The number of benzene rings is 1. The van der Waals surface area contributed by atoms with Gasteiger partial charge in [-0.1, -0.05) is 363 Å². The molecule has 0 radical (unpaired) electrons. The lowest BCUT2D eigenvalue weighted by Crippen LogP contribution is -2.28. The molecular weight excluding hydrogens is 1380 g/mol. The van der Waals surface area contributed by atoms with Crippen molar-refractivity contribution in [1.82, 2.24) is 9.13 Å². The van der Waals surface area contributed by atoms with Gasteiger partial charge >= 0.3 is 0 Å². The third-order valence-electron chi connectivity index (χ3n) is 23.3. The van der Waals surface area contributed by atoms with Crippen LogP contribution in [-0.2, 0) is 25.9 Å². The number of aryl methyl sites for hydroxylation is 4. The van der Waals surface area contributed by atoms with Gasteiger partial charge < -0.3 is 9.13 Å². The van der Waals surface area contributed by atoms with Crippen LogP contribution in [0.5, 0.6) is 0 Å². The van der Waals surface area contributed by atoms with Gasteiger partial charge in [0.2, 0.25) is 0 Å². The zero-order valence-electron chi connectivity index (χ0n) is 68.6. The van der Waals surface area contributed by atoms with Crippen LogP contribution in [0.25, 0.3) is 62.6 Å². The second kappa shape index (κ2) is 53.1. The van der Waals surface area contributed by atoms with Crippen molar-refractivity contribution < 1.29 is 8.78 Å². The molecule has 0 saturated heterocycles. The number of nitrogens with zero attached hydrogens (tertiary/aromatic N) is 2. The van der Waals surface area contributed by atoms with E-state index < -0.39 is 11.6 Å². The summed E-state index contributed by atoms with van der Waals surface area (Å²) < 4.78 is 37.1. The molecule has 7 rings (SSSR count). The first-order valence-corrected chi connectivity index (χ1v) is 47.9. The smallest absolute Gasteiger partial charge is 0.259 e. The molecule has 0 aliphatic heterocycles. The lowest BCUT2D eigenvalue weighted by atomic mass is 9.88.